The van der Waals surface area contributed by atoms with E-state index in [1.165, 1.54) is 6.39 Å². The van der Waals surface area contributed by atoms with Crippen molar-refractivity contribution in [1.82, 2.24) is 15.5 Å². The predicted octanol–water partition coefficient (Wildman–Crippen LogP) is 2.70. The summed E-state index contributed by atoms with van der Waals surface area (Å²) in [7, 11) is 0. The SMILES string of the molecule is CC(CC(=O)Nc1ccc(-c2ncon2)cc1)C1CCNCC1. The van der Waals surface area contributed by atoms with Crippen LogP contribution in [0.3, 0.4) is 0 Å². The molecule has 1 aliphatic rings. The summed E-state index contributed by atoms with van der Waals surface area (Å²) in [6.07, 6.45) is 4.19. The molecule has 3 rings (SSSR count). The van der Waals surface area contributed by atoms with Gasteiger partial charge in [-0.25, -0.2) is 0 Å². The molecular formula is C17H22N4O2. The van der Waals surface area contributed by atoms with Gasteiger partial charge in [-0.3, -0.25) is 4.79 Å². The van der Waals surface area contributed by atoms with Crippen LogP contribution in [0.2, 0.25) is 0 Å². The summed E-state index contributed by atoms with van der Waals surface area (Å²) in [6.45, 7) is 4.30. The molecule has 0 bridgehead atoms. The average molecular weight is 314 g/mol. The first kappa shape index (κ1) is 15.7. The largest absolute Gasteiger partial charge is 0.342 e. The molecule has 1 unspecified atom stereocenters. The van der Waals surface area contributed by atoms with Crippen molar-refractivity contribution >= 4 is 11.6 Å². The molecule has 0 aliphatic carbocycles. The van der Waals surface area contributed by atoms with E-state index in [9.17, 15) is 4.79 Å². The molecule has 6 heteroatoms. The second kappa shape index (κ2) is 7.37. The van der Waals surface area contributed by atoms with E-state index in [0.717, 1.165) is 37.2 Å². The van der Waals surface area contributed by atoms with Crippen LogP contribution in [0.4, 0.5) is 5.69 Å². The maximum absolute atomic E-state index is 12.2. The fourth-order valence-corrected chi connectivity index (χ4v) is 3.08. The molecule has 1 aliphatic heterocycles. The van der Waals surface area contributed by atoms with Crippen LogP contribution >= 0.6 is 0 Å². The lowest BCUT2D eigenvalue weighted by Gasteiger charge is -2.27. The van der Waals surface area contributed by atoms with E-state index in [4.69, 9.17) is 4.52 Å². The topological polar surface area (TPSA) is 80.1 Å². The Bertz CT molecular complexity index is 619. The highest BCUT2D eigenvalue weighted by atomic mass is 16.5. The van der Waals surface area contributed by atoms with Gasteiger partial charge < -0.3 is 15.2 Å². The quantitative estimate of drug-likeness (QED) is 0.887. The van der Waals surface area contributed by atoms with Crippen molar-refractivity contribution < 1.29 is 9.32 Å². The van der Waals surface area contributed by atoms with Crippen LogP contribution < -0.4 is 10.6 Å². The molecule has 0 saturated carbocycles. The van der Waals surface area contributed by atoms with Gasteiger partial charge in [-0.15, -0.1) is 0 Å². The van der Waals surface area contributed by atoms with Crippen molar-refractivity contribution in [3.8, 4) is 11.4 Å². The first-order chi connectivity index (χ1) is 11.2. The van der Waals surface area contributed by atoms with E-state index in [-0.39, 0.29) is 5.91 Å². The normalized spacial score (nSPS) is 16.9. The van der Waals surface area contributed by atoms with Gasteiger partial charge in [0.15, 0.2) is 0 Å². The Balaban J connectivity index is 1.53. The van der Waals surface area contributed by atoms with Gasteiger partial charge in [-0.2, -0.15) is 4.98 Å². The number of nitrogens with one attached hydrogen (secondary N) is 2. The van der Waals surface area contributed by atoms with E-state index in [2.05, 4.69) is 27.7 Å². The van der Waals surface area contributed by atoms with Crippen molar-refractivity contribution in [1.29, 1.82) is 0 Å². The third kappa shape index (κ3) is 4.16. The van der Waals surface area contributed by atoms with Crippen molar-refractivity contribution in [3.05, 3.63) is 30.7 Å². The third-order valence-electron chi connectivity index (χ3n) is 4.48. The predicted molar refractivity (Wildman–Crippen MR) is 87.7 cm³/mol. The molecule has 0 spiro atoms. The van der Waals surface area contributed by atoms with Gasteiger partial charge in [0, 0.05) is 17.7 Å². The van der Waals surface area contributed by atoms with Gasteiger partial charge in [0.2, 0.25) is 18.1 Å². The Kier molecular flexibility index (Phi) is 5.02. The molecule has 2 heterocycles. The molecule has 6 nitrogen and oxygen atoms in total. The molecule has 2 aromatic rings. The minimum atomic E-state index is 0.0725. The van der Waals surface area contributed by atoms with Gasteiger partial charge in [-0.1, -0.05) is 12.1 Å². The van der Waals surface area contributed by atoms with Crippen LogP contribution in [0, 0.1) is 11.8 Å². The highest BCUT2D eigenvalue weighted by molar-refractivity contribution is 5.91. The Morgan fingerprint density at radius 3 is 2.74 bits per heavy atom. The van der Waals surface area contributed by atoms with Gasteiger partial charge >= 0.3 is 0 Å². The number of hydrogen-bond donors (Lipinski definition) is 2. The summed E-state index contributed by atoms with van der Waals surface area (Å²) >= 11 is 0. The van der Waals surface area contributed by atoms with Crippen molar-refractivity contribution in [2.75, 3.05) is 18.4 Å². The highest BCUT2D eigenvalue weighted by Gasteiger charge is 2.22. The lowest BCUT2D eigenvalue weighted by molar-refractivity contribution is -0.117. The van der Waals surface area contributed by atoms with E-state index >= 15 is 0 Å². The molecule has 2 N–H and O–H groups in total. The first-order valence-electron chi connectivity index (χ1n) is 8.10. The third-order valence-corrected chi connectivity index (χ3v) is 4.48. The lowest BCUT2D eigenvalue weighted by atomic mass is 9.84. The number of rotatable bonds is 5. The highest BCUT2D eigenvalue weighted by Crippen LogP contribution is 2.25. The number of amides is 1. The molecule has 122 valence electrons. The number of nitrogens with zero attached hydrogens (tertiary/aromatic N) is 2. The number of hydrogen-bond acceptors (Lipinski definition) is 5. The first-order valence-corrected chi connectivity index (χ1v) is 8.10. The molecular weight excluding hydrogens is 292 g/mol. The molecule has 1 saturated heterocycles. The fraction of sp³-hybridized carbons (Fsp3) is 0.471. The van der Waals surface area contributed by atoms with Gasteiger partial charge in [0.1, 0.15) is 0 Å². The summed E-state index contributed by atoms with van der Waals surface area (Å²) in [6, 6.07) is 7.46. The van der Waals surface area contributed by atoms with Gasteiger partial charge in [0.25, 0.3) is 0 Å². The summed E-state index contributed by atoms with van der Waals surface area (Å²) in [5.74, 6) is 1.67. The number of carbonyl (C=O) groups excluding carboxylic acids is 1. The molecule has 23 heavy (non-hydrogen) atoms. The lowest BCUT2D eigenvalue weighted by Crippen LogP contribution is -2.32. The van der Waals surface area contributed by atoms with Crippen molar-refractivity contribution in [3.63, 3.8) is 0 Å². The second-order valence-electron chi connectivity index (χ2n) is 6.15. The van der Waals surface area contributed by atoms with Crippen LogP contribution in [0.25, 0.3) is 11.4 Å². The van der Waals surface area contributed by atoms with E-state index in [1.807, 2.05) is 24.3 Å². The number of aromatic nitrogens is 2. The van der Waals surface area contributed by atoms with E-state index in [1.54, 1.807) is 0 Å². The summed E-state index contributed by atoms with van der Waals surface area (Å²) < 4.78 is 4.73. The Morgan fingerprint density at radius 1 is 1.35 bits per heavy atom. The van der Waals surface area contributed by atoms with Gasteiger partial charge in [-0.05, 0) is 62.0 Å². The zero-order valence-corrected chi connectivity index (χ0v) is 13.3. The smallest absolute Gasteiger partial charge is 0.224 e. The van der Waals surface area contributed by atoms with Crippen LogP contribution in [0.1, 0.15) is 26.2 Å². The van der Waals surface area contributed by atoms with Crippen LogP contribution in [-0.4, -0.2) is 29.1 Å². The molecule has 1 aromatic heterocycles. The average Bonchev–Trinajstić information content (AvgIpc) is 3.11. The number of benzene rings is 1. The number of anilines is 1. The van der Waals surface area contributed by atoms with Crippen LogP contribution in [0.15, 0.2) is 35.2 Å². The number of piperidine rings is 1. The van der Waals surface area contributed by atoms with Crippen molar-refractivity contribution in [2.45, 2.75) is 26.2 Å². The summed E-state index contributed by atoms with van der Waals surface area (Å²) in [5, 5.41) is 10.1. The molecule has 1 amide bonds. The maximum atomic E-state index is 12.2. The van der Waals surface area contributed by atoms with Crippen molar-refractivity contribution in [2.24, 2.45) is 11.8 Å². The minimum absolute atomic E-state index is 0.0725. The second-order valence-corrected chi connectivity index (χ2v) is 6.15. The van der Waals surface area contributed by atoms with Crippen LogP contribution in [-0.2, 0) is 4.79 Å². The van der Waals surface area contributed by atoms with E-state index < -0.39 is 0 Å². The molecule has 1 atom stereocenters. The Morgan fingerprint density at radius 2 is 2.09 bits per heavy atom. The zero-order chi connectivity index (χ0) is 16.1. The Hall–Kier alpha value is -2.21. The monoisotopic (exact) mass is 314 g/mol. The standard InChI is InChI=1S/C17H22N4O2/c1-12(13-6-8-18-9-7-13)10-16(22)20-15-4-2-14(3-5-15)17-19-11-23-21-17/h2-5,11-13,18H,6-10H2,1H3,(H,20,22). The zero-order valence-electron chi connectivity index (χ0n) is 13.3. The number of carbonyl (C=O) groups is 1. The Labute approximate surface area is 135 Å². The molecule has 0 radical (unpaired) electrons. The fourth-order valence-electron chi connectivity index (χ4n) is 3.08. The van der Waals surface area contributed by atoms with Gasteiger partial charge in [0.05, 0.1) is 0 Å². The molecule has 1 aromatic carbocycles. The molecule has 1 fully saturated rings. The van der Waals surface area contributed by atoms with Crippen LogP contribution in [0.5, 0.6) is 0 Å². The van der Waals surface area contributed by atoms with E-state index in [0.29, 0.717) is 24.1 Å². The minimum Gasteiger partial charge on any atom is -0.342 e. The maximum Gasteiger partial charge on any atom is 0.224 e. The summed E-state index contributed by atoms with van der Waals surface area (Å²) in [4.78, 5) is 16.2. The summed E-state index contributed by atoms with van der Waals surface area (Å²) in [5.41, 5.74) is 1.65.